The van der Waals surface area contributed by atoms with Gasteiger partial charge in [0.2, 0.25) is 0 Å². The summed E-state index contributed by atoms with van der Waals surface area (Å²) >= 11 is 0. The first-order chi connectivity index (χ1) is 13.6. The Morgan fingerprint density at radius 3 is 2.79 bits per heavy atom. The highest BCUT2D eigenvalue weighted by Gasteiger charge is 2.11. The summed E-state index contributed by atoms with van der Waals surface area (Å²) in [4.78, 5) is 16.9. The molecule has 0 aliphatic rings. The summed E-state index contributed by atoms with van der Waals surface area (Å²) in [7, 11) is 0. The molecule has 2 aromatic heterocycles. The van der Waals surface area contributed by atoms with E-state index in [1.165, 1.54) is 12.1 Å². The number of pyridine rings is 1. The highest BCUT2D eigenvalue weighted by atomic mass is 19.1. The SMILES string of the molecule is Cc1ccc(-c2cn3ccccc3n2)cc1NC(=O)COc1ccccc1F. The van der Waals surface area contributed by atoms with Gasteiger partial charge in [-0.15, -0.1) is 0 Å². The summed E-state index contributed by atoms with van der Waals surface area (Å²) in [6, 6.07) is 17.5. The number of hydrogen-bond acceptors (Lipinski definition) is 3. The topological polar surface area (TPSA) is 55.6 Å². The summed E-state index contributed by atoms with van der Waals surface area (Å²) < 4.78 is 20.8. The number of carbonyl (C=O) groups is 1. The van der Waals surface area contributed by atoms with Gasteiger partial charge in [-0.25, -0.2) is 9.37 Å². The zero-order valence-electron chi connectivity index (χ0n) is 15.2. The second-order valence-corrected chi connectivity index (χ2v) is 6.39. The van der Waals surface area contributed by atoms with Crippen LogP contribution in [0.25, 0.3) is 16.9 Å². The van der Waals surface area contributed by atoms with Crippen molar-refractivity contribution in [2.24, 2.45) is 0 Å². The van der Waals surface area contributed by atoms with Gasteiger partial charge in [0.15, 0.2) is 18.2 Å². The fraction of sp³-hybridized carbons (Fsp3) is 0.0909. The second-order valence-electron chi connectivity index (χ2n) is 6.39. The fourth-order valence-corrected chi connectivity index (χ4v) is 2.88. The molecular weight excluding hydrogens is 357 g/mol. The average Bonchev–Trinajstić information content (AvgIpc) is 3.13. The van der Waals surface area contributed by atoms with Crippen molar-refractivity contribution >= 4 is 17.2 Å². The predicted molar refractivity (Wildman–Crippen MR) is 106 cm³/mol. The number of hydrogen-bond donors (Lipinski definition) is 1. The lowest BCUT2D eigenvalue weighted by Crippen LogP contribution is -2.21. The predicted octanol–water partition coefficient (Wildman–Crippen LogP) is 4.47. The highest BCUT2D eigenvalue weighted by molar-refractivity contribution is 5.93. The smallest absolute Gasteiger partial charge is 0.262 e. The van der Waals surface area contributed by atoms with Gasteiger partial charge < -0.3 is 14.5 Å². The van der Waals surface area contributed by atoms with E-state index >= 15 is 0 Å². The fourth-order valence-electron chi connectivity index (χ4n) is 2.88. The number of benzene rings is 2. The van der Waals surface area contributed by atoms with E-state index in [-0.39, 0.29) is 18.3 Å². The maximum absolute atomic E-state index is 13.6. The summed E-state index contributed by atoms with van der Waals surface area (Å²) in [5.74, 6) is -0.813. The Labute approximate surface area is 161 Å². The molecule has 0 saturated heterocycles. The molecular formula is C22H18FN3O2. The minimum Gasteiger partial charge on any atom is -0.481 e. The Hall–Kier alpha value is -3.67. The molecule has 0 bridgehead atoms. The molecule has 28 heavy (non-hydrogen) atoms. The Kier molecular flexibility index (Phi) is 4.76. The first-order valence-electron chi connectivity index (χ1n) is 8.82. The highest BCUT2D eigenvalue weighted by Crippen LogP contribution is 2.25. The van der Waals surface area contributed by atoms with Crippen LogP contribution in [0.2, 0.25) is 0 Å². The van der Waals surface area contributed by atoms with Crippen molar-refractivity contribution in [3.63, 3.8) is 0 Å². The van der Waals surface area contributed by atoms with E-state index in [1.54, 1.807) is 12.1 Å². The van der Waals surface area contributed by atoms with Crippen molar-refractivity contribution in [2.45, 2.75) is 6.92 Å². The van der Waals surface area contributed by atoms with Crippen molar-refractivity contribution < 1.29 is 13.9 Å². The lowest BCUT2D eigenvalue weighted by molar-refractivity contribution is -0.118. The van der Waals surface area contributed by atoms with Gasteiger partial charge in [-0.3, -0.25) is 4.79 Å². The number of aryl methyl sites for hydroxylation is 1. The van der Waals surface area contributed by atoms with Crippen LogP contribution in [0.3, 0.4) is 0 Å². The largest absolute Gasteiger partial charge is 0.481 e. The average molecular weight is 375 g/mol. The van der Waals surface area contributed by atoms with Crippen LogP contribution in [0, 0.1) is 12.7 Å². The van der Waals surface area contributed by atoms with Crippen LogP contribution in [-0.4, -0.2) is 21.9 Å². The first kappa shape index (κ1) is 17.7. The van der Waals surface area contributed by atoms with E-state index in [0.717, 1.165) is 22.5 Å². The van der Waals surface area contributed by atoms with Crippen LogP contribution >= 0.6 is 0 Å². The van der Waals surface area contributed by atoms with Crippen LogP contribution < -0.4 is 10.1 Å². The normalized spacial score (nSPS) is 10.8. The molecule has 0 saturated carbocycles. The number of carbonyl (C=O) groups excluding carboxylic acids is 1. The third kappa shape index (κ3) is 3.71. The number of anilines is 1. The van der Waals surface area contributed by atoms with Crippen molar-refractivity contribution in [1.82, 2.24) is 9.38 Å². The van der Waals surface area contributed by atoms with E-state index in [4.69, 9.17) is 4.74 Å². The van der Waals surface area contributed by atoms with Gasteiger partial charge in [0.25, 0.3) is 5.91 Å². The summed E-state index contributed by atoms with van der Waals surface area (Å²) in [5.41, 5.74) is 4.12. The third-order valence-electron chi connectivity index (χ3n) is 4.37. The number of halogens is 1. The van der Waals surface area contributed by atoms with Crippen LogP contribution in [-0.2, 0) is 4.79 Å². The first-order valence-corrected chi connectivity index (χ1v) is 8.82. The molecule has 0 unspecified atom stereocenters. The zero-order valence-corrected chi connectivity index (χ0v) is 15.2. The number of nitrogens with zero attached hydrogens (tertiary/aromatic N) is 2. The van der Waals surface area contributed by atoms with Crippen LogP contribution in [0.15, 0.2) is 73.1 Å². The molecule has 0 atom stereocenters. The molecule has 5 nitrogen and oxygen atoms in total. The van der Waals surface area contributed by atoms with Gasteiger partial charge in [-0.1, -0.05) is 30.3 Å². The maximum atomic E-state index is 13.6. The molecule has 1 N–H and O–H groups in total. The van der Waals surface area contributed by atoms with E-state index in [0.29, 0.717) is 5.69 Å². The zero-order chi connectivity index (χ0) is 19.5. The monoisotopic (exact) mass is 375 g/mol. The van der Waals surface area contributed by atoms with Crippen molar-refractivity contribution in [2.75, 3.05) is 11.9 Å². The molecule has 2 aromatic carbocycles. The number of fused-ring (bicyclic) bond motifs is 1. The molecule has 0 radical (unpaired) electrons. The van der Waals surface area contributed by atoms with E-state index in [2.05, 4.69) is 10.3 Å². The number of imidazole rings is 1. The number of aromatic nitrogens is 2. The number of para-hydroxylation sites is 1. The molecule has 0 aliphatic carbocycles. The molecule has 4 aromatic rings. The quantitative estimate of drug-likeness (QED) is 0.560. The Morgan fingerprint density at radius 1 is 1.14 bits per heavy atom. The van der Waals surface area contributed by atoms with Crippen molar-refractivity contribution in [1.29, 1.82) is 0 Å². The third-order valence-corrected chi connectivity index (χ3v) is 4.37. The van der Waals surface area contributed by atoms with E-state index < -0.39 is 5.82 Å². The Bertz CT molecular complexity index is 1120. The van der Waals surface area contributed by atoms with E-state index in [1.807, 2.05) is 60.1 Å². The van der Waals surface area contributed by atoms with Gasteiger partial charge >= 0.3 is 0 Å². The van der Waals surface area contributed by atoms with E-state index in [9.17, 15) is 9.18 Å². The van der Waals surface area contributed by atoms with Gasteiger partial charge in [-0.2, -0.15) is 0 Å². The summed E-state index contributed by atoms with van der Waals surface area (Å²) in [5, 5.41) is 2.82. The van der Waals surface area contributed by atoms with Gasteiger partial charge in [0, 0.05) is 23.6 Å². The maximum Gasteiger partial charge on any atom is 0.262 e. The van der Waals surface area contributed by atoms with Crippen molar-refractivity contribution in [3.8, 4) is 17.0 Å². The summed E-state index contributed by atoms with van der Waals surface area (Å²) in [6.45, 7) is 1.62. The second kappa shape index (κ2) is 7.52. The van der Waals surface area contributed by atoms with Crippen molar-refractivity contribution in [3.05, 3.63) is 84.4 Å². The molecule has 0 aliphatic heterocycles. The van der Waals surface area contributed by atoms with Crippen LogP contribution in [0.1, 0.15) is 5.56 Å². The molecule has 0 spiro atoms. The number of amides is 1. The molecule has 140 valence electrons. The van der Waals surface area contributed by atoms with Crippen LogP contribution in [0.5, 0.6) is 5.75 Å². The number of rotatable bonds is 5. The number of nitrogens with one attached hydrogen (secondary N) is 1. The summed E-state index contributed by atoms with van der Waals surface area (Å²) in [6.07, 6.45) is 3.87. The Morgan fingerprint density at radius 2 is 1.96 bits per heavy atom. The van der Waals surface area contributed by atoms with Gasteiger partial charge in [-0.05, 0) is 42.8 Å². The molecule has 6 heteroatoms. The molecule has 2 heterocycles. The van der Waals surface area contributed by atoms with Gasteiger partial charge in [0.05, 0.1) is 5.69 Å². The molecule has 4 rings (SSSR count). The minimum absolute atomic E-state index is 0.0489. The number of ether oxygens (including phenoxy) is 1. The standard InChI is InChI=1S/C22H18FN3O2/c1-15-9-10-16(19-13-26-11-5-4-8-21(26)24-19)12-18(15)25-22(27)14-28-20-7-3-2-6-17(20)23/h2-13H,14H2,1H3,(H,25,27). The minimum atomic E-state index is -0.500. The lowest BCUT2D eigenvalue weighted by Gasteiger charge is -2.11. The van der Waals surface area contributed by atoms with Gasteiger partial charge in [0.1, 0.15) is 5.65 Å². The molecule has 0 fully saturated rings. The lowest BCUT2D eigenvalue weighted by atomic mass is 10.1. The van der Waals surface area contributed by atoms with Crippen LogP contribution in [0.4, 0.5) is 10.1 Å². The molecule has 1 amide bonds. The Balaban J connectivity index is 1.50.